The van der Waals surface area contributed by atoms with E-state index in [0.717, 1.165) is 15.6 Å². The Balaban J connectivity index is 2.02. The van der Waals surface area contributed by atoms with Gasteiger partial charge in [-0.1, -0.05) is 82.7 Å². The minimum Gasteiger partial charge on any atom is -0.481 e. The fourth-order valence-corrected chi connectivity index (χ4v) is 3.15. The van der Waals surface area contributed by atoms with Crippen molar-refractivity contribution in [3.8, 4) is 11.1 Å². The number of halogens is 1. The molecule has 0 aromatic heterocycles. The first kappa shape index (κ1) is 17.4. The first-order valence-corrected chi connectivity index (χ1v) is 8.64. The summed E-state index contributed by atoms with van der Waals surface area (Å²) in [5.41, 5.74) is 1.60. The van der Waals surface area contributed by atoms with Crippen molar-refractivity contribution in [3.63, 3.8) is 0 Å². The molecule has 3 nitrogen and oxygen atoms in total. The van der Waals surface area contributed by atoms with E-state index in [4.69, 9.17) is 0 Å². The van der Waals surface area contributed by atoms with Gasteiger partial charge in [-0.3, -0.25) is 4.79 Å². The molecular weight excluding hydrogens is 380 g/mol. The third-order valence-corrected chi connectivity index (χ3v) is 4.73. The zero-order chi connectivity index (χ0) is 17.9. The third kappa shape index (κ3) is 3.81. The molecule has 0 aliphatic rings. The maximum Gasteiger partial charge on any atom is 0.306 e. The number of aliphatic hydroxyl groups is 1. The van der Waals surface area contributed by atoms with Crippen LogP contribution in [0.1, 0.15) is 17.5 Å². The first-order chi connectivity index (χ1) is 12.0. The fraction of sp³-hybridized carbons (Fsp3) is 0.0952. The average molecular weight is 397 g/mol. The monoisotopic (exact) mass is 396 g/mol. The highest BCUT2D eigenvalue weighted by Gasteiger charge is 2.34. The lowest BCUT2D eigenvalue weighted by atomic mass is 9.83. The molecule has 0 saturated heterocycles. The molecule has 0 saturated carbocycles. The van der Waals surface area contributed by atoms with Crippen molar-refractivity contribution >= 4 is 21.9 Å². The van der Waals surface area contributed by atoms with E-state index in [9.17, 15) is 15.0 Å². The zero-order valence-corrected chi connectivity index (χ0v) is 15.0. The number of aliphatic carboxylic acids is 1. The normalized spacial score (nSPS) is 13.2. The number of carboxylic acids is 1. The SMILES string of the molecule is O=C(O)CC(O)(c1ccc(Br)cc1)c1ccc(-c2ccccc2)cc1. The van der Waals surface area contributed by atoms with E-state index in [2.05, 4.69) is 15.9 Å². The summed E-state index contributed by atoms with van der Waals surface area (Å²) in [5, 5.41) is 20.5. The van der Waals surface area contributed by atoms with Crippen molar-refractivity contribution in [2.24, 2.45) is 0 Å². The van der Waals surface area contributed by atoms with Crippen LogP contribution < -0.4 is 0 Å². The highest BCUT2D eigenvalue weighted by Crippen LogP contribution is 2.35. The molecule has 3 aromatic rings. The largest absolute Gasteiger partial charge is 0.481 e. The van der Waals surface area contributed by atoms with Crippen LogP contribution in [0.5, 0.6) is 0 Å². The summed E-state index contributed by atoms with van der Waals surface area (Å²) in [4.78, 5) is 11.3. The summed E-state index contributed by atoms with van der Waals surface area (Å²) in [6.07, 6.45) is -0.403. The first-order valence-electron chi connectivity index (χ1n) is 7.85. The molecule has 4 heteroatoms. The molecule has 25 heavy (non-hydrogen) atoms. The van der Waals surface area contributed by atoms with E-state index in [1.807, 2.05) is 42.5 Å². The van der Waals surface area contributed by atoms with Gasteiger partial charge in [0.15, 0.2) is 0 Å². The lowest BCUT2D eigenvalue weighted by Gasteiger charge is -2.28. The molecule has 0 bridgehead atoms. The molecule has 0 spiro atoms. The summed E-state index contributed by atoms with van der Waals surface area (Å²) in [7, 11) is 0. The summed E-state index contributed by atoms with van der Waals surface area (Å²) in [5.74, 6) is -1.06. The Morgan fingerprint density at radius 1 is 0.800 bits per heavy atom. The molecule has 0 radical (unpaired) electrons. The summed E-state index contributed by atoms with van der Waals surface area (Å²) < 4.78 is 0.869. The minimum absolute atomic E-state index is 0.403. The van der Waals surface area contributed by atoms with E-state index < -0.39 is 18.0 Å². The van der Waals surface area contributed by atoms with Gasteiger partial charge < -0.3 is 10.2 Å². The van der Waals surface area contributed by atoms with Gasteiger partial charge in [-0.2, -0.15) is 0 Å². The predicted molar refractivity (Wildman–Crippen MR) is 101 cm³/mol. The van der Waals surface area contributed by atoms with E-state index in [0.29, 0.717) is 11.1 Å². The lowest BCUT2D eigenvalue weighted by Crippen LogP contribution is -2.30. The number of rotatable bonds is 5. The Bertz CT molecular complexity index is 858. The van der Waals surface area contributed by atoms with Crippen molar-refractivity contribution in [2.75, 3.05) is 0 Å². The van der Waals surface area contributed by atoms with Crippen molar-refractivity contribution in [1.29, 1.82) is 0 Å². The van der Waals surface area contributed by atoms with Crippen LogP contribution in [0.2, 0.25) is 0 Å². The zero-order valence-electron chi connectivity index (χ0n) is 13.4. The van der Waals surface area contributed by atoms with E-state index >= 15 is 0 Å². The second-order valence-electron chi connectivity index (χ2n) is 5.88. The van der Waals surface area contributed by atoms with Gasteiger partial charge in [0.25, 0.3) is 0 Å². The van der Waals surface area contributed by atoms with Gasteiger partial charge in [0.1, 0.15) is 5.60 Å². The van der Waals surface area contributed by atoms with Crippen LogP contribution in [0.4, 0.5) is 0 Å². The fourth-order valence-electron chi connectivity index (χ4n) is 2.88. The Kier molecular flexibility index (Phi) is 5.02. The summed E-state index contributed by atoms with van der Waals surface area (Å²) in [6, 6.07) is 24.3. The molecule has 126 valence electrons. The maximum absolute atomic E-state index is 11.3. The van der Waals surface area contributed by atoms with Crippen LogP contribution in [0.15, 0.2) is 83.3 Å². The number of carboxylic acid groups (broad SMARTS) is 1. The molecule has 2 N–H and O–H groups in total. The standard InChI is InChI=1S/C21H17BrO3/c22-19-12-10-18(11-13-19)21(25,14-20(23)24)17-8-6-16(7-9-17)15-4-2-1-3-5-15/h1-13,25H,14H2,(H,23,24). The Labute approximate surface area is 154 Å². The van der Waals surface area contributed by atoms with E-state index in [1.165, 1.54) is 0 Å². The molecule has 1 atom stereocenters. The molecule has 0 heterocycles. The van der Waals surface area contributed by atoms with Gasteiger partial charge in [0.05, 0.1) is 6.42 Å². The second kappa shape index (κ2) is 7.21. The van der Waals surface area contributed by atoms with Gasteiger partial charge in [0, 0.05) is 4.47 Å². The van der Waals surface area contributed by atoms with Crippen molar-refractivity contribution in [2.45, 2.75) is 12.0 Å². The minimum atomic E-state index is -1.58. The molecule has 3 rings (SSSR count). The van der Waals surface area contributed by atoms with Crippen LogP contribution in [-0.4, -0.2) is 16.2 Å². The quantitative estimate of drug-likeness (QED) is 0.649. The number of hydrogen-bond donors (Lipinski definition) is 2. The average Bonchev–Trinajstić information content (AvgIpc) is 2.62. The van der Waals surface area contributed by atoms with Crippen molar-refractivity contribution in [3.05, 3.63) is 94.5 Å². The number of benzene rings is 3. The lowest BCUT2D eigenvalue weighted by molar-refractivity contribution is -0.141. The van der Waals surface area contributed by atoms with Crippen LogP contribution in [0, 0.1) is 0 Å². The number of carbonyl (C=O) groups is 1. The Hall–Kier alpha value is -2.43. The van der Waals surface area contributed by atoms with Crippen LogP contribution >= 0.6 is 15.9 Å². The molecule has 1 unspecified atom stereocenters. The van der Waals surface area contributed by atoms with Crippen LogP contribution in [0.3, 0.4) is 0 Å². The maximum atomic E-state index is 11.3. The molecule has 0 aliphatic heterocycles. The molecule has 3 aromatic carbocycles. The molecular formula is C21H17BrO3. The van der Waals surface area contributed by atoms with E-state index in [1.54, 1.807) is 36.4 Å². The van der Waals surface area contributed by atoms with E-state index in [-0.39, 0.29) is 0 Å². The van der Waals surface area contributed by atoms with Gasteiger partial charge in [-0.05, 0) is 34.4 Å². The predicted octanol–water partition coefficient (Wildman–Crippen LogP) is 4.83. The Morgan fingerprint density at radius 2 is 1.28 bits per heavy atom. The second-order valence-corrected chi connectivity index (χ2v) is 6.80. The van der Waals surface area contributed by atoms with Gasteiger partial charge in [-0.15, -0.1) is 0 Å². The summed E-state index contributed by atoms with van der Waals surface area (Å²) >= 11 is 3.36. The van der Waals surface area contributed by atoms with Crippen molar-refractivity contribution < 1.29 is 15.0 Å². The highest BCUT2D eigenvalue weighted by molar-refractivity contribution is 9.10. The third-order valence-electron chi connectivity index (χ3n) is 4.20. The van der Waals surface area contributed by atoms with Crippen LogP contribution in [-0.2, 0) is 10.4 Å². The summed E-state index contributed by atoms with van der Waals surface area (Å²) in [6.45, 7) is 0. The van der Waals surface area contributed by atoms with Gasteiger partial charge >= 0.3 is 5.97 Å². The topological polar surface area (TPSA) is 57.5 Å². The smallest absolute Gasteiger partial charge is 0.306 e. The number of hydrogen-bond acceptors (Lipinski definition) is 2. The van der Waals surface area contributed by atoms with Gasteiger partial charge in [-0.25, -0.2) is 0 Å². The Morgan fingerprint density at radius 3 is 1.80 bits per heavy atom. The molecule has 0 amide bonds. The van der Waals surface area contributed by atoms with Crippen LogP contribution in [0.25, 0.3) is 11.1 Å². The molecule has 0 fully saturated rings. The van der Waals surface area contributed by atoms with Gasteiger partial charge in [0.2, 0.25) is 0 Å². The molecule has 0 aliphatic carbocycles. The van der Waals surface area contributed by atoms with Crippen molar-refractivity contribution in [1.82, 2.24) is 0 Å². The highest BCUT2D eigenvalue weighted by atomic mass is 79.9.